The number of ether oxygens (including phenoxy) is 1. The molecule has 2 aliphatic heterocycles. The van der Waals surface area contributed by atoms with Gasteiger partial charge in [0.1, 0.15) is 0 Å². The molecule has 1 aromatic heterocycles. The van der Waals surface area contributed by atoms with Crippen molar-refractivity contribution in [2.24, 2.45) is 0 Å². The van der Waals surface area contributed by atoms with E-state index >= 15 is 0 Å². The Kier molecular flexibility index (Phi) is 5.06. The Balaban J connectivity index is 1.33. The molecule has 3 aromatic rings. The Labute approximate surface area is 181 Å². The van der Waals surface area contributed by atoms with E-state index in [1.54, 1.807) is 4.90 Å². The fourth-order valence-electron chi connectivity index (χ4n) is 5.17. The third-order valence-corrected chi connectivity index (χ3v) is 6.82. The lowest BCUT2D eigenvalue weighted by molar-refractivity contribution is 0.178. The predicted octanol–water partition coefficient (Wildman–Crippen LogP) is 2.95. The van der Waals surface area contributed by atoms with Crippen molar-refractivity contribution in [3.05, 3.63) is 63.6 Å². The van der Waals surface area contributed by atoms with E-state index in [9.17, 15) is 9.59 Å². The maximum atomic E-state index is 12.4. The van der Waals surface area contributed by atoms with E-state index in [2.05, 4.69) is 29.1 Å². The Hall–Kier alpha value is -3.06. The second-order valence-electron chi connectivity index (χ2n) is 8.58. The number of carbonyl (C=O) groups excluding carboxylic acids is 1. The molecule has 7 heteroatoms. The van der Waals surface area contributed by atoms with Gasteiger partial charge in [-0.1, -0.05) is 24.3 Å². The number of fused-ring (bicyclic) bond motifs is 1. The molecule has 5 rings (SSSR count). The number of rotatable bonds is 4. The maximum absolute atomic E-state index is 12.4. The summed E-state index contributed by atoms with van der Waals surface area (Å²) in [5.41, 5.74) is 6.70. The monoisotopic (exact) mass is 420 g/mol. The van der Waals surface area contributed by atoms with E-state index in [0.717, 1.165) is 48.9 Å². The summed E-state index contributed by atoms with van der Waals surface area (Å²) >= 11 is 0. The molecule has 7 nitrogen and oxygen atoms in total. The van der Waals surface area contributed by atoms with Gasteiger partial charge in [0.2, 0.25) is 0 Å². The summed E-state index contributed by atoms with van der Waals surface area (Å²) in [7, 11) is 3.57. The molecule has 162 valence electrons. The fourth-order valence-corrected chi connectivity index (χ4v) is 5.17. The van der Waals surface area contributed by atoms with Crippen LogP contribution in [0, 0.1) is 0 Å². The van der Waals surface area contributed by atoms with Crippen LogP contribution in [-0.2, 0) is 30.5 Å². The minimum Gasteiger partial charge on any atom is -0.452 e. The number of nitrogens with one attached hydrogen (secondary N) is 1. The van der Waals surface area contributed by atoms with Crippen LogP contribution in [0.4, 0.5) is 10.5 Å². The van der Waals surface area contributed by atoms with Crippen LogP contribution in [0.15, 0.2) is 41.2 Å². The van der Waals surface area contributed by atoms with Gasteiger partial charge in [-0.25, -0.2) is 9.59 Å². The standard InChI is InChI=1S/C24H28N4O3/c1-26(18-14-17-7-3-9-20-22(17)28(15-18)23(29)25-20)13-11-16-6-4-10-21-19(16)8-5-12-27(21)24(30)31-2/h3-4,6-7,9-10,18H,5,8,11-15H2,1-2H3,(H,25,29)/t18-/m1/s1. The van der Waals surface area contributed by atoms with E-state index < -0.39 is 0 Å². The van der Waals surface area contributed by atoms with Crippen molar-refractivity contribution in [1.29, 1.82) is 0 Å². The first-order valence-electron chi connectivity index (χ1n) is 10.9. The lowest BCUT2D eigenvalue weighted by Gasteiger charge is -2.33. The van der Waals surface area contributed by atoms with Crippen molar-refractivity contribution >= 4 is 22.8 Å². The zero-order chi connectivity index (χ0) is 21.5. The van der Waals surface area contributed by atoms with Gasteiger partial charge in [-0.2, -0.15) is 0 Å². The van der Waals surface area contributed by atoms with Gasteiger partial charge < -0.3 is 14.6 Å². The number of para-hydroxylation sites is 1. The highest BCUT2D eigenvalue weighted by molar-refractivity contribution is 5.89. The molecule has 2 aromatic carbocycles. The molecule has 0 fully saturated rings. The maximum Gasteiger partial charge on any atom is 0.414 e. The molecular formula is C24H28N4O3. The lowest BCUT2D eigenvalue weighted by atomic mass is 9.94. The molecule has 0 unspecified atom stereocenters. The molecule has 3 heterocycles. The molecule has 1 atom stereocenters. The molecule has 0 saturated heterocycles. The SMILES string of the molecule is COC(=O)N1CCCc2c(CCN(C)[C@@H]3Cc4cccc5[nH]c(=O)n(c45)C3)cccc21. The quantitative estimate of drug-likeness (QED) is 0.705. The van der Waals surface area contributed by atoms with Crippen LogP contribution < -0.4 is 10.6 Å². The average molecular weight is 421 g/mol. The highest BCUT2D eigenvalue weighted by atomic mass is 16.5. The van der Waals surface area contributed by atoms with Crippen LogP contribution in [0.2, 0.25) is 0 Å². The molecule has 0 radical (unpaired) electrons. The summed E-state index contributed by atoms with van der Waals surface area (Å²) in [6.07, 6.45) is 3.48. The van der Waals surface area contributed by atoms with E-state index in [0.29, 0.717) is 13.1 Å². The molecule has 0 aliphatic carbocycles. The summed E-state index contributed by atoms with van der Waals surface area (Å²) in [5, 5.41) is 0. The van der Waals surface area contributed by atoms with Gasteiger partial charge in [0.15, 0.2) is 0 Å². The van der Waals surface area contributed by atoms with Gasteiger partial charge >= 0.3 is 11.8 Å². The Morgan fingerprint density at radius 2 is 2.10 bits per heavy atom. The van der Waals surface area contributed by atoms with Crippen molar-refractivity contribution in [2.75, 3.05) is 32.1 Å². The molecular weight excluding hydrogens is 392 g/mol. The number of benzene rings is 2. The van der Waals surface area contributed by atoms with E-state index in [1.165, 1.54) is 23.8 Å². The summed E-state index contributed by atoms with van der Waals surface area (Å²) < 4.78 is 6.85. The number of H-pyrrole nitrogens is 1. The van der Waals surface area contributed by atoms with E-state index in [4.69, 9.17) is 4.74 Å². The molecule has 0 bridgehead atoms. The van der Waals surface area contributed by atoms with Crippen molar-refractivity contribution in [3.8, 4) is 0 Å². The normalized spacial score (nSPS) is 17.8. The molecule has 31 heavy (non-hydrogen) atoms. The number of imidazole rings is 1. The summed E-state index contributed by atoms with van der Waals surface area (Å²) in [4.78, 5) is 31.7. The number of aromatic amines is 1. The van der Waals surface area contributed by atoms with Gasteiger partial charge in [0.05, 0.1) is 23.8 Å². The first kappa shape index (κ1) is 19.9. The summed E-state index contributed by atoms with van der Waals surface area (Å²) in [6.45, 7) is 2.30. The van der Waals surface area contributed by atoms with Crippen LogP contribution >= 0.6 is 0 Å². The Morgan fingerprint density at radius 1 is 1.26 bits per heavy atom. The number of nitrogens with zero attached hydrogens (tertiary/aromatic N) is 3. The van der Waals surface area contributed by atoms with Crippen LogP contribution in [-0.4, -0.2) is 53.8 Å². The van der Waals surface area contributed by atoms with Crippen LogP contribution in [0.3, 0.4) is 0 Å². The molecule has 1 N–H and O–H groups in total. The van der Waals surface area contributed by atoms with Gasteiger partial charge in [-0.15, -0.1) is 0 Å². The van der Waals surface area contributed by atoms with Crippen molar-refractivity contribution < 1.29 is 9.53 Å². The first-order valence-corrected chi connectivity index (χ1v) is 10.9. The minimum atomic E-state index is -0.292. The summed E-state index contributed by atoms with van der Waals surface area (Å²) in [5.74, 6) is 0. The predicted molar refractivity (Wildman–Crippen MR) is 121 cm³/mol. The smallest absolute Gasteiger partial charge is 0.414 e. The first-order chi connectivity index (χ1) is 15.1. The Bertz CT molecular complexity index is 1200. The van der Waals surface area contributed by atoms with Crippen LogP contribution in [0.5, 0.6) is 0 Å². The van der Waals surface area contributed by atoms with Crippen molar-refractivity contribution in [2.45, 2.75) is 38.3 Å². The van der Waals surface area contributed by atoms with Gasteiger partial charge in [-0.05, 0) is 61.6 Å². The number of aromatic nitrogens is 2. The average Bonchev–Trinajstić information content (AvgIpc) is 3.13. The Morgan fingerprint density at radius 3 is 2.94 bits per heavy atom. The van der Waals surface area contributed by atoms with E-state index in [-0.39, 0.29) is 17.8 Å². The second-order valence-corrected chi connectivity index (χ2v) is 8.58. The van der Waals surface area contributed by atoms with E-state index in [1.807, 2.05) is 28.8 Å². The lowest BCUT2D eigenvalue weighted by Crippen LogP contribution is -2.42. The third-order valence-electron chi connectivity index (χ3n) is 6.82. The number of hydrogen-bond acceptors (Lipinski definition) is 4. The molecule has 1 amide bonds. The third kappa shape index (κ3) is 3.43. The highest BCUT2D eigenvalue weighted by Crippen LogP contribution is 2.31. The van der Waals surface area contributed by atoms with Crippen molar-refractivity contribution in [1.82, 2.24) is 14.5 Å². The topological polar surface area (TPSA) is 70.6 Å². The van der Waals surface area contributed by atoms with Crippen LogP contribution in [0.25, 0.3) is 11.0 Å². The summed E-state index contributed by atoms with van der Waals surface area (Å²) in [6, 6.07) is 12.6. The molecule has 0 spiro atoms. The van der Waals surface area contributed by atoms with Crippen molar-refractivity contribution in [3.63, 3.8) is 0 Å². The van der Waals surface area contributed by atoms with Gasteiger partial charge in [0.25, 0.3) is 0 Å². The number of methoxy groups -OCH3 is 1. The molecule has 2 aliphatic rings. The zero-order valence-corrected chi connectivity index (χ0v) is 18.1. The number of likely N-dealkylation sites (N-methyl/N-ethyl adjacent to an activating group) is 1. The second kappa shape index (κ2) is 7.89. The number of anilines is 1. The number of carbonyl (C=O) groups is 1. The zero-order valence-electron chi connectivity index (χ0n) is 18.1. The highest BCUT2D eigenvalue weighted by Gasteiger charge is 2.27. The number of amides is 1. The fraction of sp³-hybridized carbons (Fsp3) is 0.417. The van der Waals surface area contributed by atoms with Gasteiger partial charge in [-0.3, -0.25) is 9.47 Å². The largest absolute Gasteiger partial charge is 0.452 e. The van der Waals surface area contributed by atoms with Gasteiger partial charge in [0, 0.05) is 25.7 Å². The van der Waals surface area contributed by atoms with Crippen LogP contribution in [0.1, 0.15) is 23.1 Å². The minimum absolute atomic E-state index is 0.0272. The molecule has 0 saturated carbocycles. The number of hydrogen-bond donors (Lipinski definition) is 1.